The van der Waals surface area contributed by atoms with E-state index >= 15 is 0 Å². The van der Waals surface area contributed by atoms with Gasteiger partial charge >= 0.3 is 0 Å². The molecule has 0 saturated heterocycles. The van der Waals surface area contributed by atoms with Gasteiger partial charge < -0.3 is 5.32 Å². The van der Waals surface area contributed by atoms with Crippen LogP contribution in [0, 0.1) is 0 Å². The zero-order valence-corrected chi connectivity index (χ0v) is 13.3. The maximum absolute atomic E-state index is 12.1. The highest BCUT2D eigenvalue weighted by atomic mass is 35.5. The number of nitrogens with zero attached hydrogens (tertiary/aromatic N) is 2. The fourth-order valence-corrected chi connectivity index (χ4v) is 3.03. The highest BCUT2D eigenvalue weighted by molar-refractivity contribution is 6.31. The third-order valence-electron chi connectivity index (χ3n) is 4.02. The molecule has 22 heavy (non-hydrogen) atoms. The lowest BCUT2D eigenvalue weighted by molar-refractivity contribution is -0.122. The summed E-state index contributed by atoms with van der Waals surface area (Å²) in [6.07, 6.45) is 7.82. The van der Waals surface area contributed by atoms with E-state index in [2.05, 4.69) is 10.4 Å². The molecular weight excluding hydrogens is 298 g/mol. The van der Waals surface area contributed by atoms with Crippen LogP contribution in [0.5, 0.6) is 0 Å². The van der Waals surface area contributed by atoms with Crippen LogP contribution < -0.4 is 5.32 Å². The van der Waals surface area contributed by atoms with Gasteiger partial charge in [0, 0.05) is 17.8 Å². The number of amides is 1. The summed E-state index contributed by atoms with van der Waals surface area (Å²) in [6.45, 7) is 0.705. The van der Waals surface area contributed by atoms with E-state index in [1.54, 1.807) is 4.68 Å². The molecule has 0 saturated carbocycles. The molecule has 0 aliphatic heterocycles. The van der Waals surface area contributed by atoms with Crippen LogP contribution in [-0.4, -0.2) is 15.7 Å². The van der Waals surface area contributed by atoms with Crippen molar-refractivity contribution in [2.24, 2.45) is 0 Å². The quantitative estimate of drug-likeness (QED) is 0.881. The molecule has 116 valence electrons. The van der Waals surface area contributed by atoms with Crippen LogP contribution in [0.4, 0.5) is 0 Å². The molecule has 1 aliphatic carbocycles. The predicted octanol–water partition coefficient (Wildman–Crippen LogP) is 3.12. The van der Waals surface area contributed by atoms with Gasteiger partial charge in [-0.3, -0.25) is 9.48 Å². The Labute approximate surface area is 135 Å². The van der Waals surface area contributed by atoms with Crippen molar-refractivity contribution in [2.45, 2.75) is 45.2 Å². The highest BCUT2D eigenvalue weighted by Gasteiger charge is 2.13. The Balaban J connectivity index is 1.57. The molecule has 0 atom stereocenters. The van der Waals surface area contributed by atoms with Gasteiger partial charge in [0.15, 0.2) is 0 Å². The van der Waals surface area contributed by atoms with Crippen LogP contribution in [-0.2, 0) is 30.7 Å². The lowest BCUT2D eigenvalue weighted by Crippen LogP contribution is -2.27. The van der Waals surface area contributed by atoms with E-state index in [4.69, 9.17) is 11.6 Å². The lowest BCUT2D eigenvalue weighted by atomic mass is 10.1. The molecule has 1 heterocycles. The molecule has 1 N–H and O–H groups in total. The molecule has 3 rings (SSSR count). The van der Waals surface area contributed by atoms with Gasteiger partial charge in [0.2, 0.25) is 5.91 Å². The zero-order valence-electron chi connectivity index (χ0n) is 12.5. The average molecular weight is 318 g/mol. The number of aryl methyl sites for hydroxylation is 2. The number of halogens is 1. The number of hydrogen-bond acceptors (Lipinski definition) is 2. The van der Waals surface area contributed by atoms with Crippen molar-refractivity contribution >= 4 is 17.5 Å². The maximum atomic E-state index is 12.1. The smallest absolute Gasteiger partial charge is 0.241 e. The second kappa shape index (κ2) is 6.97. The van der Waals surface area contributed by atoms with Crippen molar-refractivity contribution in [3.8, 4) is 0 Å². The topological polar surface area (TPSA) is 46.9 Å². The minimum atomic E-state index is -0.0439. The standard InChI is InChI=1S/C17H20ClN3O/c18-15-8-5-4-6-13(15)10-19-17(22)12-21-11-14-7-2-1-3-9-16(14)20-21/h4-6,8,11H,1-3,7,9-10,12H2,(H,19,22). The third-order valence-corrected chi connectivity index (χ3v) is 4.39. The van der Waals surface area contributed by atoms with E-state index in [0.717, 1.165) is 24.1 Å². The molecule has 1 aromatic heterocycles. The minimum Gasteiger partial charge on any atom is -0.350 e. The van der Waals surface area contributed by atoms with E-state index in [0.29, 0.717) is 11.6 Å². The number of rotatable bonds is 4. The van der Waals surface area contributed by atoms with Gasteiger partial charge in [-0.05, 0) is 42.9 Å². The summed E-state index contributed by atoms with van der Waals surface area (Å²) in [4.78, 5) is 12.1. The van der Waals surface area contributed by atoms with Crippen molar-refractivity contribution in [1.29, 1.82) is 0 Å². The first-order chi connectivity index (χ1) is 10.7. The largest absolute Gasteiger partial charge is 0.350 e. The maximum Gasteiger partial charge on any atom is 0.241 e. The Bertz CT molecular complexity index is 642. The van der Waals surface area contributed by atoms with E-state index < -0.39 is 0 Å². The van der Waals surface area contributed by atoms with E-state index in [1.807, 2.05) is 30.5 Å². The molecule has 0 spiro atoms. The van der Waals surface area contributed by atoms with E-state index in [9.17, 15) is 4.79 Å². The van der Waals surface area contributed by atoms with Crippen LogP contribution in [0.3, 0.4) is 0 Å². The van der Waals surface area contributed by atoms with Crippen molar-refractivity contribution in [3.05, 3.63) is 52.3 Å². The molecule has 0 bridgehead atoms. The van der Waals surface area contributed by atoms with Gasteiger partial charge in [-0.25, -0.2) is 0 Å². The van der Waals surface area contributed by atoms with Crippen LogP contribution in [0.2, 0.25) is 5.02 Å². The first-order valence-corrected chi connectivity index (χ1v) is 8.15. The second-order valence-electron chi connectivity index (χ2n) is 5.73. The molecular formula is C17H20ClN3O. The Morgan fingerprint density at radius 2 is 2.05 bits per heavy atom. The van der Waals surface area contributed by atoms with Crippen molar-refractivity contribution in [2.75, 3.05) is 0 Å². The van der Waals surface area contributed by atoms with Crippen LogP contribution >= 0.6 is 11.6 Å². The van der Waals surface area contributed by atoms with Crippen LogP contribution in [0.1, 0.15) is 36.1 Å². The SMILES string of the molecule is O=C(Cn1cc2c(n1)CCCCC2)NCc1ccccc1Cl. The summed E-state index contributed by atoms with van der Waals surface area (Å²) in [6, 6.07) is 7.54. The Hall–Kier alpha value is -1.81. The number of carbonyl (C=O) groups is 1. The zero-order chi connectivity index (χ0) is 15.4. The monoisotopic (exact) mass is 317 g/mol. The first-order valence-electron chi connectivity index (χ1n) is 7.77. The molecule has 1 amide bonds. The lowest BCUT2D eigenvalue weighted by Gasteiger charge is -2.07. The highest BCUT2D eigenvalue weighted by Crippen LogP contribution is 2.19. The van der Waals surface area contributed by atoms with Crippen LogP contribution in [0.25, 0.3) is 0 Å². The molecule has 1 aromatic carbocycles. The average Bonchev–Trinajstić information content (AvgIpc) is 2.75. The minimum absolute atomic E-state index is 0.0439. The van der Waals surface area contributed by atoms with Gasteiger partial charge in [0.05, 0.1) is 5.69 Å². The summed E-state index contributed by atoms with van der Waals surface area (Å²) in [5.74, 6) is -0.0439. The predicted molar refractivity (Wildman–Crippen MR) is 86.8 cm³/mol. The first kappa shape index (κ1) is 15.1. The van der Waals surface area contributed by atoms with E-state index in [1.165, 1.54) is 24.8 Å². The summed E-state index contributed by atoms with van der Waals surface area (Å²) >= 11 is 6.08. The Kier molecular flexibility index (Phi) is 4.78. The molecule has 1 aliphatic rings. The molecule has 5 heteroatoms. The second-order valence-corrected chi connectivity index (χ2v) is 6.13. The summed E-state index contributed by atoms with van der Waals surface area (Å²) in [7, 11) is 0. The Morgan fingerprint density at radius 1 is 1.23 bits per heavy atom. The molecule has 0 radical (unpaired) electrons. The summed E-state index contributed by atoms with van der Waals surface area (Å²) in [5.41, 5.74) is 3.39. The number of hydrogen-bond donors (Lipinski definition) is 1. The van der Waals surface area contributed by atoms with Crippen molar-refractivity contribution in [1.82, 2.24) is 15.1 Å². The fraction of sp³-hybridized carbons (Fsp3) is 0.412. The number of nitrogens with one attached hydrogen (secondary N) is 1. The number of benzene rings is 1. The fourth-order valence-electron chi connectivity index (χ4n) is 2.83. The molecule has 0 fully saturated rings. The van der Waals surface area contributed by atoms with Gasteiger partial charge in [-0.2, -0.15) is 5.10 Å². The van der Waals surface area contributed by atoms with Gasteiger partial charge in [0.1, 0.15) is 6.54 Å². The summed E-state index contributed by atoms with van der Waals surface area (Å²) < 4.78 is 1.76. The van der Waals surface area contributed by atoms with Gasteiger partial charge in [-0.15, -0.1) is 0 Å². The normalized spacial score (nSPS) is 14.2. The number of carbonyl (C=O) groups excluding carboxylic acids is 1. The third kappa shape index (κ3) is 3.69. The van der Waals surface area contributed by atoms with Crippen molar-refractivity contribution in [3.63, 3.8) is 0 Å². The van der Waals surface area contributed by atoms with Gasteiger partial charge in [0.25, 0.3) is 0 Å². The number of aromatic nitrogens is 2. The van der Waals surface area contributed by atoms with Crippen molar-refractivity contribution < 1.29 is 4.79 Å². The van der Waals surface area contributed by atoms with Crippen LogP contribution in [0.15, 0.2) is 30.5 Å². The molecule has 0 unspecified atom stereocenters. The van der Waals surface area contributed by atoms with Gasteiger partial charge in [-0.1, -0.05) is 36.2 Å². The molecule has 2 aromatic rings. The Morgan fingerprint density at radius 3 is 2.91 bits per heavy atom. The van der Waals surface area contributed by atoms with E-state index in [-0.39, 0.29) is 12.5 Å². The number of fused-ring (bicyclic) bond motifs is 1. The molecule has 4 nitrogen and oxygen atoms in total. The summed E-state index contributed by atoms with van der Waals surface area (Å²) in [5, 5.41) is 8.12.